The van der Waals surface area contributed by atoms with Crippen molar-refractivity contribution < 1.29 is 9.18 Å². The van der Waals surface area contributed by atoms with Gasteiger partial charge in [0.25, 0.3) is 5.91 Å². The molecule has 20 heavy (non-hydrogen) atoms. The third-order valence-corrected chi connectivity index (χ3v) is 4.19. The first kappa shape index (κ1) is 13.4. The Morgan fingerprint density at radius 1 is 1.25 bits per heavy atom. The Morgan fingerprint density at radius 3 is 2.55 bits per heavy atom. The van der Waals surface area contributed by atoms with Crippen molar-refractivity contribution in [2.75, 3.05) is 18.8 Å². The molecule has 108 valence electrons. The molecule has 0 atom stereocenters. The minimum Gasteiger partial charge on any atom is -0.396 e. The molecule has 2 fully saturated rings. The summed E-state index contributed by atoms with van der Waals surface area (Å²) in [6.45, 7) is 2.09. The Hall–Kier alpha value is -1.62. The van der Waals surface area contributed by atoms with Gasteiger partial charge in [-0.3, -0.25) is 4.79 Å². The molecule has 1 amide bonds. The van der Waals surface area contributed by atoms with Crippen molar-refractivity contribution in [2.24, 2.45) is 0 Å². The number of nitrogens with one attached hydrogen (secondary N) is 1. The molecular weight excluding hydrogens is 257 g/mol. The maximum Gasteiger partial charge on any atom is 0.251 e. The number of benzene rings is 1. The zero-order valence-electron chi connectivity index (χ0n) is 11.4. The molecule has 0 spiro atoms. The predicted octanol–water partition coefficient (Wildman–Crippen LogP) is 1.76. The van der Waals surface area contributed by atoms with E-state index in [4.69, 9.17) is 5.73 Å². The first-order valence-corrected chi connectivity index (χ1v) is 7.23. The Bertz CT molecular complexity index is 508. The third kappa shape index (κ3) is 2.93. The number of rotatable bonds is 3. The van der Waals surface area contributed by atoms with Gasteiger partial charge < -0.3 is 16.0 Å². The van der Waals surface area contributed by atoms with E-state index in [9.17, 15) is 9.18 Å². The summed E-state index contributed by atoms with van der Waals surface area (Å²) in [5.41, 5.74) is 5.81. The third-order valence-electron chi connectivity index (χ3n) is 4.19. The maximum absolute atomic E-state index is 13.4. The van der Waals surface area contributed by atoms with Crippen molar-refractivity contribution in [3.8, 4) is 0 Å². The summed E-state index contributed by atoms with van der Waals surface area (Å²) in [7, 11) is 0. The van der Waals surface area contributed by atoms with Crippen LogP contribution in [0.4, 0.5) is 10.1 Å². The zero-order chi connectivity index (χ0) is 14.1. The summed E-state index contributed by atoms with van der Waals surface area (Å²) in [6, 6.07) is 5.17. The van der Waals surface area contributed by atoms with E-state index in [1.54, 1.807) is 6.07 Å². The number of anilines is 1. The van der Waals surface area contributed by atoms with Crippen LogP contribution in [0.5, 0.6) is 0 Å². The number of nitrogen functional groups attached to an aromatic ring is 1. The van der Waals surface area contributed by atoms with Gasteiger partial charge >= 0.3 is 0 Å². The van der Waals surface area contributed by atoms with Crippen LogP contribution in [-0.4, -0.2) is 36.0 Å². The van der Waals surface area contributed by atoms with Gasteiger partial charge in [-0.25, -0.2) is 4.39 Å². The molecule has 1 saturated heterocycles. The molecule has 0 unspecified atom stereocenters. The average Bonchev–Trinajstić information content (AvgIpc) is 3.27. The van der Waals surface area contributed by atoms with Crippen LogP contribution in [0.3, 0.4) is 0 Å². The van der Waals surface area contributed by atoms with Crippen LogP contribution in [0, 0.1) is 5.82 Å². The summed E-state index contributed by atoms with van der Waals surface area (Å²) >= 11 is 0. The summed E-state index contributed by atoms with van der Waals surface area (Å²) in [5.74, 6) is -0.755. The van der Waals surface area contributed by atoms with E-state index in [0.717, 1.165) is 32.0 Å². The van der Waals surface area contributed by atoms with E-state index in [2.05, 4.69) is 10.2 Å². The van der Waals surface area contributed by atoms with Gasteiger partial charge in [-0.05, 0) is 43.9 Å². The monoisotopic (exact) mass is 277 g/mol. The van der Waals surface area contributed by atoms with Crippen LogP contribution in [0.2, 0.25) is 0 Å². The number of likely N-dealkylation sites (tertiary alicyclic amines) is 1. The molecule has 5 heteroatoms. The highest BCUT2D eigenvalue weighted by Crippen LogP contribution is 2.29. The van der Waals surface area contributed by atoms with E-state index >= 15 is 0 Å². The van der Waals surface area contributed by atoms with Crippen molar-refractivity contribution in [1.82, 2.24) is 10.2 Å². The summed E-state index contributed by atoms with van der Waals surface area (Å²) in [4.78, 5) is 14.6. The van der Waals surface area contributed by atoms with E-state index in [1.807, 2.05) is 0 Å². The molecule has 2 aliphatic rings. The Labute approximate surface area is 118 Å². The van der Waals surface area contributed by atoms with Crippen molar-refractivity contribution >= 4 is 11.6 Å². The molecule has 3 rings (SSSR count). The van der Waals surface area contributed by atoms with Crippen LogP contribution in [0.25, 0.3) is 0 Å². The van der Waals surface area contributed by atoms with Crippen molar-refractivity contribution in [2.45, 2.75) is 37.8 Å². The number of halogens is 1. The lowest BCUT2D eigenvalue weighted by molar-refractivity contribution is 0.0908. The Morgan fingerprint density at radius 2 is 1.95 bits per heavy atom. The number of piperidine rings is 1. The van der Waals surface area contributed by atoms with Gasteiger partial charge in [-0.2, -0.15) is 0 Å². The van der Waals surface area contributed by atoms with E-state index < -0.39 is 5.82 Å². The Balaban J connectivity index is 1.54. The molecule has 1 aliphatic carbocycles. The number of carbonyl (C=O) groups excluding carboxylic acids is 1. The smallest absolute Gasteiger partial charge is 0.251 e. The van der Waals surface area contributed by atoms with Crippen molar-refractivity contribution in [3.63, 3.8) is 0 Å². The number of nitrogens with two attached hydrogens (primary N) is 1. The molecule has 1 heterocycles. The van der Waals surface area contributed by atoms with Crippen LogP contribution >= 0.6 is 0 Å². The van der Waals surface area contributed by atoms with Crippen molar-refractivity contribution in [3.05, 3.63) is 29.6 Å². The predicted molar refractivity (Wildman–Crippen MR) is 75.9 cm³/mol. The SMILES string of the molecule is Nc1ccc(C(=O)NC2CCN(C3CC3)CC2)cc1F. The number of hydrogen-bond acceptors (Lipinski definition) is 3. The second kappa shape index (κ2) is 5.40. The molecule has 1 aromatic rings. The quantitative estimate of drug-likeness (QED) is 0.828. The van der Waals surface area contributed by atoms with Gasteiger partial charge in [0, 0.05) is 30.7 Å². The van der Waals surface area contributed by atoms with Crippen LogP contribution in [-0.2, 0) is 0 Å². The first-order valence-electron chi connectivity index (χ1n) is 7.23. The number of amides is 1. The number of hydrogen-bond donors (Lipinski definition) is 2. The molecule has 0 radical (unpaired) electrons. The summed E-state index contributed by atoms with van der Waals surface area (Å²) in [6.07, 6.45) is 4.59. The largest absolute Gasteiger partial charge is 0.396 e. The minimum absolute atomic E-state index is 0.0688. The fraction of sp³-hybridized carbons (Fsp3) is 0.533. The molecule has 3 N–H and O–H groups in total. The lowest BCUT2D eigenvalue weighted by atomic mass is 10.0. The van der Waals surface area contributed by atoms with Gasteiger partial charge in [-0.15, -0.1) is 0 Å². The van der Waals surface area contributed by atoms with E-state index in [-0.39, 0.29) is 17.6 Å². The van der Waals surface area contributed by atoms with Crippen LogP contribution in [0.15, 0.2) is 18.2 Å². The van der Waals surface area contributed by atoms with Crippen LogP contribution in [0.1, 0.15) is 36.0 Å². The molecule has 1 aliphatic heterocycles. The summed E-state index contributed by atoms with van der Waals surface area (Å²) < 4.78 is 13.4. The normalized spacial score (nSPS) is 20.9. The molecule has 0 bridgehead atoms. The average molecular weight is 277 g/mol. The first-order chi connectivity index (χ1) is 9.63. The van der Waals surface area contributed by atoms with Gasteiger partial charge in [0.2, 0.25) is 0 Å². The fourth-order valence-corrected chi connectivity index (χ4v) is 2.79. The molecule has 1 aromatic carbocycles. The summed E-state index contributed by atoms with van der Waals surface area (Å²) in [5, 5.41) is 2.99. The second-order valence-corrected chi connectivity index (χ2v) is 5.75. The maximum atomic E-state index is 13.4. The van der Waals surface area contributed by atoms with Crippen LogP contribution < -0.4 is 11.1 Å². The molecule has 1 saturated carbocycles. The van der Waals surface area contributed by atoms with E-state index in [0.29, 0.717) is 5.56 Å². The van der Waals surface area contributed by atoms with Gasteiger partial charge in [0.05, 0.1) is 5.69 Å². The Kier molecular flexibility index (Phi) is 3.61. The fourth-order valence-electron chi connectivity index (χ4n) is 2.79. The van der Waals surface area contributed by atoms with Gasteiger partial charge in [0.1, 0.15) is 5.82 Å². The zero-order valence-corrected chi connectivity index (χ0v) is 11.4. The topological polar surface area (TPSA) is 58.4 Å². The molecule has 4 nitrogen and oxygen atoms in total. The lowest BCUT2D eigenvalue weighted by Crippen LogP contribution is -2.45. The minimum atomic E-state index is -0.541. The second-order valence-electron chi connectivity index (χ2n) is 5.75. The number of carbonyl (C=O) groups is 1. The highest BCUT2D eigenvalue weighted by atomic mass is 19.1. The number of nitrogens with zero attached hydrogens (tertiary/aromatic N) is 1. The van der Waals surface area contributed by atoms with Gasteiger partial charge in [-0.1, -0.05) is 0 Å². The highest BCUT2D eigenvalue weighted by molar-refractivity contribution is 5.94. The standard InChI is InChI=1S/C15H20FN3O/c16-13-9-10(1-4-14(13)17)15(20)18-11-5-7-19(8-6-11)12-2-3-12/h1,4,9,11-12H,2-3,5-8,17H2,(H,18,20). The van der Waals surface area contributed by atoms with Crippen molar-refractivity contribution in [1.29, 1.82) is 0 Å². The molecular formula is C15H20FN3O. The lowest BCUT2D eigenvalue weighted by Gasteiger charge is -2.32. The van der Waals surface area contributed by atoms with Gasteiger partial charge in [0.15, 0.2) is 0 Å². The highest BCUT2D eigenvalue weighted by Gasteiger charge is 2.32. The van der Waals surface area contributed by atoms with E-state index in [1.165, 1.54) is 25.0 Å². The molecule has 0 aromatic heterocycles.